The number of amides is 1. The fourth-order valence-electron chi connectivity index (χ4n) is 2.34. The number of nitrogens with zero attached hydrogens (tertiary/aromatic N) is 2. The van der Waals surface area contributed by atoms with Gasteiger partial charge in [-0.3, -0.25) is 9.69 Å². The molecule has 0 spiro atoms. The zero-order chi connectivity index (χ0) is 13.0. The number of carbonyl (C=O) groups is 1. The van der Waals surface area contributed by atoms with Gasteiger partial charge in [-0.25, -0.2) is 0 Å². The Morgan fingerprint density at radius 2 is 2.00 bits per heavy atom. The summed E-state index contributed by atoms with van der Waals surface area (Å²) in [4.78, 5) is 16.5. The van der Waals surface area contributed by atoms with Crippen molar-refractivity contribution in [1.82, 2.24) is 10.2 Å². The average molecular weight is 247 g/mol. The summed E-state index contributed by atoms with van der Waals surface area (Å²) < 4.78 is 0. The minimum atomic E-state index is -0.0349. The van der Waals surface area contributed by atoms with Crippen LogP contribution in [0.4, 0.5) is 5.69 Å². The predicted molar refractivity (Wildman–Crippen MR) is 73.8 cm³/mol. The maximum Gasteiger partial charge on any atom is 0.244 e. The van der Waals surface area contributed by atoms with E-state index in [-0.39, 0.29) is 11.9 Å². The smallest absolute Gasteiger partial charge is 0.244 e. The van der Waals surface area contributed by atoms with Crippen LogP contribution in [0.5, 0.6) is 0 Å². The van der Waals surface area contributed by atoms with Gasteiger partial charge < -0.3 is 10.2 Å². The van der Waals surface area contributed by atoms with Crippen molar-refractivity contribution in [3.8, 4) is 0 Å². The van der Waals surface area contributed by atoms with Gasteiger partial charge in [-0.2, -0.15) is 0 Å². The first kappa shape index (κ1) is 13.1. The molecule has 0 bridgehead atoms. The van der Waals surface area contributed by atoms with E-state index >= 15 is 0 Å². The fourth-order valence-corrected chi connectivity index (χ4v) is 2.34. The van der Waals surface area contributed by atoms with Crippen LogP contribution < -0.4 is 10.2 Å². The highest BCUT2D eigenvalue weighted by Gasteiger charge is 2.31. The van der Waals surface area contributed by atoms with E-state index in [2.05, 4.69) is 10.2 Å². The quantitative estimate of drug-likeness (QED) is 0.860. The van der Waals surface area contributed by atoms with Crippen LogP contribution in [0.25, 0.3) is 0 Å². The Morgan fingerprint density at radius 3 is 2.67 bits per heavy atom. The maximum atomic E-state index is 12.4. The maximum absolute atomic E-state index is 12.4. The third-order valence-corrected chi connectivity index (χ3v) is 3.50. The lowest BCUT2D eigenvalue weighted by atomic mass is 10.1. The second kappa shape index (κ2) is 5.98. The van der Waals surface area contributed by atoms with Crippen molar-refractivity contribution < 1.29 is 4.79 Å². The molecule has 98 valence electrons. The number of rotatable bonds is 4. The van der Waals surface area contributed by atoms with Crippen LogP contribution in [0.1, 0.15) is 6.92 Å². The summed E-state index contributed by atoms with van der Waals surface area (Å²) in [5.41, 5.74) is 1.00. The van der Waals surface area contributed by atoms with Crippen LogP contribution in [-0.4, -0.2) is 50.1 Å². The zero-order valence-corrected chi connectivity index (χ0v) is 11.1. The van der Waals surface area contributed by atoms with E-state index in [1.165, 1.54) is 0 Å². The summed E-state index contributed by atoms with van der Waals surface area (Å²) in [6.45, 7) is 5.54. The highest BCUT2D eigenvalue weighted by molar-refractivity contribution is 5.97. The van der Waals surface area contributed by atoms with Gasteiger partial charge in [-0.05, 0) is 26.1 Å². The van der Waals surface area contributed by atoms with Crippen LogP contribution in [-0.2, 0) is 4.79 Å². The van der Waals surface area contributed by atoms with Gasteiger partial charge in [0.15, 0.2) is 0 Å². The molecule has 0 saturated carbocycles. The summed E-state index contributed by atoms with van der Waals surface area (Å²) in [6, 6.07) is 9.87. The Kier molecular flexibility index (Phi) is 4.33. The number of benzene rings is 1. The van der Waals surface area contributed by atoms with Crippen molar-refractivity contribution in [2.24, 2.45) is 0 Å². The summed E-state index contributed by atoms with van der Waals surface area (Å²) in [6.07, 6.45) is 0. The summed E-state index contributed by atoms with van der Waals surface area (Å²) in [5.74, 6) is 0.198. The molecule has 1 fully saturated rings. The monoisotopic (exact) mass is 247 g/mol. The number of hydrogen-bond donors (Lipinski definition) is 1. The van der Waals surface area contributed by atoms with Crippen molar-refractivity contribution in [1.29, 1.82) is 0 Å². The van der Waals surface area contributed by atoms with Crippen LogP contribution in [0.2, 0.25) is 0 Å². The normalized spacial score (nSPS) is 21.3. The Bertz CT molecular complexity index is 393. The highest BCUT2D eigenvalue weighted by atomic mass is 16.2. The van der Waals surface area contributed by atoms with Gasteiger partial charge in [-0.15, -0.1) is 0 Å². The van der Waals surface area contributed by atoms with Gasteiger partial charge >= 0.3 is 0 Å². The van der Waals surface area contributed by atoms with E-state index in [4.69, 9.17) is 0 Å². The first-order valence-corrected chi connectivity index (χ1v) is 6.49. The summed E-state index contributed by atoms with van der Waals surface area (Å²) in [7, 11) is 1.94. The lowest BCUT2D eigenvalue weighted by molar-refractivity contribution is -0.125. The summed E-state index contributed by atoms with van der Waals surface area (Å²) >= 11 is 0. The number of likely N-dealkylation sites (N-methyl/N-ethyl adjacent to an activating group) is 1. The molecule has 0 aromatic heterocycles. The summed E-state index contributed by atoms with van der Waals surface area (Å²) in [5, 5.41) is 3.13. The van der Waals surface area contributed by atoms with Crippen LogP contribution in [0, 0.1) is 0 Å². The molecule has 0 radical (unpaired) electrons. The van der Waals surface area contributed by atoms with E-state index in [9.17, 15) is 4.79 Å². The molecule has 1 aromatic carbocycles. The molecule has 1 unspecified atom stereocenters. The van der Waals surface area contributed by atoms with Gasteiger partial charge in [0.05, 0.1) is 6.04 Å². The second-order valence-corrected chi connectivity index (χ2v) is 4.64. The Morgan fingerprint density at radius 1 is 1.28 bits per heavy atom. The lowest BCUT2D eigenvalue weighted by Gasteiger charge is -2.39. The number of anilines is 1. The van der Waals surface area contributed by atoms with Gasteiger partial charge in [0.25, 0.3) is 0 Å². The zero-order valence-electron chi connectivity index (χ0n) is 11.1. The molecule has 0 aliphatic carbocycles. The molecule has 1 saturated heterocycles. The minimum absolute atomic E-state index is 0.0349. The van der Waals surface area contributed by atoms with E-state index in [0.717, 1.165) is 31.9 Å². The van der Waals surface area contributed by atoms with E-state index in [1.807, 2.05) is 49.2 Å². The van der Waals surface area contributed by atoms with Crippen LogP contribution >= 0.6 is 0 Å². The topological polar surface area (TPSA) is 35.6 Å². The lowest BCUT2D eigenvalue weighted by Crippen LogP contribution is -2.57. The van der Waals surface area contributed by atoms with Crippen molar-refractivity contribution >= 4 is 11.6 Å². The molecule has 1 atom stereocenters. The molecule has 1 heterocycles. The van der Waals surface area contributed by atoms with Crippen LogP contribution in [0.15, 0.2) is 30.3 Å². The van der Waals surface area contributed by atoms with Crippen LogP contribution in [0.3, 0.4) is 0 Å². The van der Waals surface area contributed by atoms with E-state index in [0.29, 0.717) is 0 Å². The first-order valence-electron chi connectivity index (χ1n) is 6.49. The molecule has 1 aliphatic rings. The largest absolute Gasteiger partial charge is 0.318 e. The average Bonchev–Trinajstić information content (AvgIpc) is 2.41. The molecule has 1 aliphatic heterocycles. The molecule has 2 rings (SSSR count). The Labute approximate surface area is 109 Å². The number of piperazine rings is 1. The standard InChI is InChI=1S/C14H21N3O/c1-12-14(18)17(13-6-4-3-5-7-13)11-10-16(12)9-8-15-2/h3-7,12,15H,8-11H2,1-2H3. The van der Waals surface area contributed by atoms with Crippen molar-refractivity contribution in [2.45, 2.75) is 13.0 Å². The molecule has 4 heteroatoms. The predicted octanol–water partition coefficient (Wildman–Crippen LogP) is 0.943. The van der Waals surface area contributed by atoms with E-state index < -0.39 is 0 Å². The van der Waals surface area contributed by atoms with Crippen molar-refractivity contribution in [2.75, 3.05) is 38.1 Å². The minimum Gasteiger partial charge on any atom is -0.318 e. The third-order valence-electron chi connectivity index (χ3n) is 3.50. The van der Waals surface area contributed by atoms with Crippen molar-refractivity contribution in [3.05, 3.63) is 30.3 Å². The second-order valence-electron chi connectivity index (χ2n) is 4.64. The third kappa shape index (κ3) is 2.71. The highest BCUT2D eigenvalue weighted by Crippen LogP contribution is 2.19. The molecule has 1 amide bonds. The SMILES string of the molecule is CNCCN1CCN(c2ccccc2)C(=O)C1C. The molecule has 18 heavy (non-hydrogen) atoms. The number of para-hydroxylation sites is 1. The molecule has 1 N–H and O–H groups in total. The molecular weight excluding hydrogens is 226 g/mol. The number of carbonyl (C=O) groups excluding carboxylic acids is 1. The molecular formula is C14H21N3O. The van der Waals surface area contributed by atoms with Gasteiger partial charge in [0, 0.05) is 31.9 Å². The fraction of sp³-hybridized carbons (Fsp3) is 0.500. The van der Waals surface area contributed by atoms with Gasteiger partial charge in [-0.1, -0.05) is 18.2 Å². The number of hydrogen-bond acceptors (Lipinski definition) is 3. The number of nitrogens with one attached hydrogen (secondary N) is 1. The van der Waals surface area contributed by atoms with E-state index in [1.54, 1.807) is 0 Å². The first-order chi connectivity index (χ1) is 8.74. The van der Waals surface area contributed by atoms with Gasteiger partial charge in [0.2, 0.25) is 5.91 Å². The molecule has 1 aromatic rings. The van der Waals surface area contributed by atoms with Gasteiger partial charge in [0.1, 0.15) is 0 Å². The molecule has 4 nitrogen and oxygen atoms in total. The Hall–Kier alpha value is -1.39. The van der Waals surface area contributed by atoms with Crippen molar-refractivity contribution in [3.63, 3.8) is 0 Å². The Balaban J connectivity index is 2.04.